The predicted molar refractivity (Wildman–Crippen MR) is 48.8 cm³/mol. The van der Waals surface area contributed by atoms with Crippen LogP contribution in [0.3, 0.4) is 0 Å². The Hall–Kier alpha value is -1.36. The van der Waals surface area contributed by atoms with Gasteiger partial charge in [0.2, 0.25) is 0 Å². The molecule has 1 heterocycles. The molecule has 0 spiro atoms. The lowest BCUT2D eigenvalue weighted by Gasteiger charge is -2.15. The van der Waals surface area contributed by atoms with E-state index in [9.17, 15) is 14.7 Å². The first-order valence-electron chi connectivity index (χ1n) is 4.50. The van der Waals surface area contributed by atoms with Gasteiger partial charge in [-0.1, -0.05) is 0 Å². The Balaban J connectivity index is 2.72. The molecule has 0 bridgehead atoms. The SMILES string of the molecule is CCOC(=O)C(=O)C1=C(O)CCNC1. The zero-order chi connectivity index (χ0) is 10.6. The fourth-order valence-corrected chi connectivity index (χ4v) is 1.20. The van der Waals surface area contributed by atoms with Crippen LogP contribution in [0.25, 0.3) is 0 Å². The number of carbonyl (C=O) groups is 2. The van der Waals surface area contributed by atoms with Crippen LogP contribution in [-0.4, -0.2) is 36.6 Å². The summed E-state index contributed by atoms with van der Waals surface area (Å²) in [5, 5.41) is 12.3. The summed E-state index contributed by atoms with van der Waals surface area (Å²) in [5.41, 5.74) is 0.120. The average molecular weight is 199 g/mol. The Bertz CT molecular complexity index is 283. The monoisotopic (exact) mass is 199 g/mol. The van der Waals surface area contributed by atoms with Gasteiger partial charge in [-0.15, -0.1) is 0 Å². The zero-order valence-electron chi connectivity index (χ0n) is 8.00. The molecule has 2 N–H and O–H groups in total. The summed E-state index contributed by atoms with van der Waals surface area (Å²) in [6.45, 7) is 2.62. The van der Waals surface area contributed by atoms with Crippen molar-refractivity contribution in [2.45, 2.75) is 13.3 Å². The number of aliphatic hydroxyl groups excluding tert-OH is 1. The van der Waals surface area contributed by atoms with Crippen molar-refractivity contribution in [2.75, 3.05) is 19.7 Å². The average Bonchev–Trinajstić information content (AvgIpc) is 2.18. The van der Waals surface area contributed by atoms with Crippen LogP contribution in [0.5, 0.6) is 0 Å². The number of nitrogens with one attached hydrogen (secondary N) is 1. The van der Waals surface area contributed by atoms with Gasteiger partial charge in [0.05, 0.1) is 12.2 Å². The van der Waals surface area contributed by atoms with Crippen LogP contribution in [0, 0.1) is 0 Å². The van der Waals surface area contributed by atoms with E-state index in [2.05, 4.69) is 10.1 Å². The molecule has 5 heteroatoms. The molecule has 1 aliphatic rings. The third kappa shape index (κ3) is 2.32. The molecular formula is C9H13NO4. The van der Waals surface area contributed by atoms with Crippen LogP contribution in [0.2, 0.25) is 0 Å². The summed E-state index contributed by atoms with van der Waals surface area (Å²) in [7, 11) is 0. The van der Waals surface area contributed by atoms with Gasteiger partial charge in [0, 0.05) is 19.5 Å². The first-order valence-corrected chi connectivity index (χ1v) is 4.50. The first kappa shape index (κ1) is 10.7. The number of hydrogen-bond donors (Lipinski definition) is 2. The van der Waals surface area contributed by atoms with Crippen molar-refractivity contribution in [1.82, 2.24) is 5.32 Å². The maximum Gasteiger partial charge on any atom is 0.379 e. The molecule has 0 radical (unpaired) electrons. The third-order valence-electron chi connectivity index (χ3n) is 1.92. The number of carbonyl (C=O) groups excluding carboxylic acids is 2. The van der Waals surface area contributed by atoms with E-state index in [0.717, 1.165) is 0 Å². The Morgan fingerprint density at radius 2 is 2.29 bits per heavy atom. The molecule has 0 atom stereocenters. The zero-order valence-corrected chi connectivity index (χ0v) is 8.00. The van der Waals surface area contributed by atoms with E-state index in [4.69, 9.17) is 0 Å². The van der Waals surface area contributed by atoms with Crippen molar-refractivity contribution >= 4 is 11.8 Å². The van der Waals surface area contributed by atoms with Crippen molar-refractivity contribution in [3.8, 4) is 0 Å². The third-order valence-corrected chi connectivity index (χ3v) is 1.92. The molecular weight excluding hydrogens is 186 g/mol. The van der Waals surface area contributed by atoms with Gasteiger partial charge < -0.3 is 15.2 Å². The lowest BCUT2D eigenvalue weighted by atomic mass is 10.1. The van der Waals surface area contributed by atoms with Crippen LogP contribution < -0.4 is 5.32 Å². The molecule has 0 saturated carbocycles. The highest BCUT2D eigenvalue weighted by Crippen LogP contribution is 2.10. The number of rotatable bonds is 3. The normalized spacial score (nSPS) is 16.6. The highest BCUT2D eigenvalue weighted by molar-refractivity contribution is 6.40. The van der Waals surface area contributed by atoms with E-state index in [0.29, 0.717) is 13.0 Å². The highest BCUT2D eigenvalue weighted by atomic mass is 16.5. The molecule has 0 aromatic carbocycles. The molecule has 78 valence electrons. The number of hydrogen-bond acceptors (Lipinski definition) is 5. The number of ether oxygens (including phenoxy) is 1. The van der Waals surface area contributed by atoms with E-state index < -0.39 is 11.8 Å². The molecule has 0 aromatic rings. The van der Waals surface area contributed by atoms with Gasteiger partial charge in [0.1, 0.15) is 5.76 Å². The highest BCUT2D eigenvalue weighted by Gasteiger charge is 2.25. The molecule has 0 saturated heterocycles. The van der Waals surface area contributed by atoms with Crippen molar-refractivity contribution < 1.29 is 19.4 Å². The summed E-state index contributed by atoms with van der Waals surface area (Å²) >= 11 is 0. The lowest BCUT2D eigenvalue weighted by molar-refractivity contribution is -0.151. The molecule has 0 aromatic heterocycles. The summed E-state index contributed by atoms with van der Waals surface area (Å²) < 4.78 is 4.54. The van der Waals surface area contributed by atoms with E-state index in [1.54, 1.807) is 6.92 Å². The smallest absolute Gasteiger partial charge is 0.379 e. The maximum absolute atomic E-state index is 11.4. The van der Waals surface area contributed by atoms with Gasteiger partial charge in [-0.2, -0.15) is 0 Å². The largest absolute Gasteiger partial charge is 0.512 e. The summed E-state index contributed by atoms with van der Waals surface area (Å²) in [5.74, 6) is -1.67. The minimum atomic E-state index is -0.905. The van der Waals surface area contributed by atoms with Gasteiger partial charge in [0.25, 0.3) is 5.78 Å². The Morgan fingerprint density at radius 1 is 1.57 bits per heavy atom. The van der Waals surface area contributed by atoms with Crippen LogP contribution in [-0.2, 0) is 14.3 Å². The van der Waals surface area contributed by atoms with E-state index in [-0.39, 0.29) is 24.5 Å². The van der Waals surface area contributed by atoms with E-state index in [1.165, 1.54) is 0 Å². The fourth-order valence-electron chi connectivity index (χ4n) is 1.20. The minimum Gasteiger partial charge on any atom is -0.512 e. The first-order chi connectivity index (χ1) is 6.66. The Morgan fingerprint density at radius 3 is 2.86 bits per heavy atom. The number of Topliss-reactive ketones (excluding diaryl/α,β-unsaturated/α-hetero) is 1. The van der Waals surface area contributed by atoms with Crippen LogP contribution in [0.4, 0.5) is 0 Å². The van der Waals surface area contributed by atoms with Gasteiger partial charge in [0.15, 0.2) is 0 Å². The molecule has 1 rings (SSSR count). The predicted octanol–water partition coefficient (Wildman–Crippen LogP) is -0.0760. The van der Waals surface area contributed by atoms with Gasteiger partial charge in [-0.3, -0.25) is 4.79 Å². The second kappa shape index (κ2) is 4.76. The summed E-state index contributed by atoms with van der Waals surface area (Å²) in [4.78, 5) is 22.4. The van der Waals surface area contributed by atoms with Crippen LogP contribution in [0.1, 0.15) is 13.3 Å². The van der Waals surface area contributed by atoms with Crippen molar-refractivity contribution in [3.63, 3.8) is 0 Å². The molecule has 1 aliphatic heterocycles. The molecule has 0 aliphatic carbocycles. The van der Waals surface area contributed by atoms with Crippen molar-refractivity contribution in [2.24, 2.45) is 0 Å². The van der Waals surface area contributed by atoms with E-state index in [1.807, 2.05) is 0 Å². The van der Waals surface area contributed by atoms with Crippen LogP contribution >= 0.6 is 0 Å². The molecule has 0 fully saturated rings. The number of esters is 1. The maximum atomic E-state index is 11.4. The fraction of sp³-hybridized carbons (Fsp3) is 0.556. The molecule has 14 heavy (non-hydrogen) atoms. The lowest BCUT2D eigenvalue weighted by Crippen LogP contribution is -2.32. The molecule has 0 unspecified atom stereocenters. The quantitative estimate of drug-likeness (QED) is 0.491. The van der Waals surface area contributed by atoms with Crippen LogP contribution in [0.15, 0.2) is 11.3 Å². The van der Waals surface area contributed by atoms with Gasteiger partial charge >= 0.3 is 5.97 Å². The second-order valence-corrected chi connectivity index (χ2v) is 2.90. The second-order valence-electron chi connectivity index (χ2n) is 2.90. The van der Waals surface area contributed by atoms with Gasteiger partial charge in [-0.25, -0.2) is 4.79 Å². The standard InChI is InChI=1S/C9H13NO4/c1-2-14-9(13)8(12)6-5-10-4-3-7(6)11/h10-11H,2-5H2,1H3. The van der Waals surface area contributed by atoms with Crippen molar-refractivity contribution in [3.05, 3.63) is 11.3 Å². The van der Waals surface area contributed by atoms with E-state index >= 15 is 0 Å². The number of ketones is 1. The molecule has 0 amide bonds. The summed E-state index contributed by atoms with van der Waals surface area (Å²) in [6.07, 6.45) is 0.375. The van der Waals surface area contributed by atoms with Gasteiger partial charge in [-0.05, 0) is 6.92 Å². The minimum absolute atomic E-state index is 0.0122. The van der Waals surface area contributed by atoms with Crippen molar-refractivity contribution in [1.29, 1.82) is 0 Å². The topological polar surface area (TPSA) is 75.6 Å². The number of aliphatic hydroxyl groups is 1. The molecule has 5 nitrogen and oxygen atoms in total. The summed E-state index contributed by atoms with van der Waals surface area (Å²) in [6, 6.07) is 0. The Labute approximate surface area is 81.7 Å². The Kier molecular flexibility index (Phi) is 3.64.